The Labute approximate surface area is 133 Å². The molecular weight excluding hydrogens is 296 g/mol. The second-order valence-corrected chi connectivity index (χ2v) is 6.12. The number of carboxylic acid groups (broad SMARTS) is 1. The van der Waals surface area contributed by atoms with Crippen molar-refractivity contribution in [2.45, 2.75) is 32.6 Å². The molecule has 3 rings (SSSR count). The first-order chi connectivity index (χ1) is 11.0. The van der Waals surface area contributed by atoms with E-state index in [1.54, 1.807) is 0 Å². The number of para-hydroxylation sites is 1. The average Bonchev–Trinajstić information content (AvgIpc) is 3.14. The van der Waals surface area contributed by atoms with Crippen LogP contribution >= 0.6 is 0 Å². The molecule has 0 spiro atoms. The van der Waals surface area contributed by atoms with Crippen LogP contribution in [-0.2, 0) is 16.0 Å². The highest BCUT2D eigenvalue weighted by Gasteiger charge is 2.33. The van der Waals surface area contributed by atoms with Crippen molar-refractivity contribution < 1.29 is 19.1 Å². The molecular formula is C17H20N2O4. The van der Waals surface area contributed by atoms with Gasteiger partial charge in [-0.15, -0.1) is 0 Å². The quantitative estimate of drug-likeness (QED) is 0.883. The molecule has 1 heterocycles. The number of aryl methyl sites for hydroxylation is 1. The van der Waals surface area contributed by atoms with Crippen molar-refractivity contribution in [2.24, 2.45) is 11.8 Å². The molecule has 1 aromatic heterocycles. The van der Waals surface area contributed by atoms with Gasteiger partial charge in [0, 0.05) is 18.9 Å². The lowest BCUT2D eigenvalue weighted by Crippen LogP contribution is -2.31. The van der Waals surface area contributed by atoms with Gasteiger partial charge in [0.25, 0.3) is 0 Å². The van der Waals surface area contributed by atoms with E-state index in [-0.39, 0.29) is 17.7 Å². The third kappa shape index (κ3) is 3.36. The van der Waals surface area contributed by atoms with Crippen LogP contribution in [0.3, 0.4) is 0 Å². The van der Waals surface area contributed by atoms with E-state index < -0.39 is 5.97 Å². The minimum atomic E-state index is -0.804. The fourth-order valence-electron chi connectivity index (χ4n) is 3.12. The van der Waals surface area contributed by atoms with E-state index in [0.29, 0.717) is 38.1 Å². The number of hydrogen-bond acceptors (Lipinski definition) is 4. The third-order valence-electron chi connectivity index (χ3n) is 4.46. The monoisotopic (exact) mass is 316 g/mol. The molecule has 1 aliphatic carbocycles. The Kier molecular flexibility index (Phi) is 4.32. The van der Waals surface area contributed by atoms with Gasteiger partial charge in [-0.2, -0.15) is 0 Å². The van der Waals surface area contributed by atoms with Crippen molar-refractivity contribution >= 4 is 23.0 Å². The maximum absolute atomic E-state index is 12.1. The molecule has 6 heteroatoms. The molecule has 0 aliphatic heterocycles. The van der Waals surface area contributed by atoms with E-state index in [2.05, 4.69) is 10.3 Å². The third-order valence-corrected chi connectivity index (χ3v) is 4.46. The van der Waals surface area contributed by atoms with Crippen LogP contribution in [0.2, 0.25) is 0 Å². The first-order valence-corrected chi connectivity index (χ1v) is 7.90. The molecule has 122 valence electrons. The summed E-state index contributed by atoms with van der Waals surface area (Å²) in [6, 6.07) is 5.78. The minimum absolute atomic E-state index is 0.0685. The number of nitrogens with zero attached hydrogens (tertiary/aromatic N) is 1. The smallest absolute Gasteiger partial charge is 0.306 e. The number of hydrogen-bond donors (Lipinski definition) is 2. The van der Waals surface area contributed by atoms with Crippen LogP contribution in [0.1, 0.15) is 30.7 Å². The summed E-state index contributed by atoms with van der Waals surface area (Å²) in [5.41, 5.74) is 2.67. The zero-order valence-corrected chi connectivity index (χ0v) is 13.0. The Morgan fingerprint density at radius 3 is 2.83 bits per heavy atom. The predicted octanol–water partition coefficient (Wildman–Crippen LogP) is 2.30. The largest absolute Gasteiger partial charge is 0.481 e. The zero-order valence-electron chi connectivity index (χ0n) is 13.0. The average molecular weight is 316 g/mol. The summed E-state index contributed by atoms with van der Waals surface area (Å²) >= 11 is 0. The van der Waals surface area contributed by atoms with E-state index >= 15 is 0 Å². The van der Waals surface area contributed by atoms with Crippen molar-refractivity contribution in [3.63, 3.8) is 0 Å². The first-order valence-electron chi connectivity index (χ1n) is 7.90. The number of aliphatic carboxylic acids is 1. The van der Waals surface area contributed by atoms with Gasteiger partial charge in [0.2, 0.25) is 5.91 Å². The Morgan fingerprint density at radius 2 is 2.13 bits per heavy atom. The summed E-state index contributed by atoms with van der Waals surface area (Å²) in [6.45, 7) is 2.42. The van der Waals surface area contributed by atoms with Gasteiger partial charge in [-0.05, 0) is 37.8 Å². The first kappa shape index (κ1) is 15.5. The maximum atomic E-state index is 12.1. The van der Waals surface area contributed by atoms with E-state index in [4.69, 9.17) is 9.52 Å². The molecule has 23 heavy (non-hydrogen) atoms. The van der Waals surface area contributed by atoms with Gasteiger partial charge in [0.05, 0.1) is 5.92 Å². The number of oxazole rings is 1. The second-order valence-electron chi connectivity index (χ2n) is 6.12. The molecule has 1 aromatic carbocycles. The van der Waals surface area contributed by atoms with E-state index in [9.17, 15) is 9.59 Å². The molecule has 0 unspecified atom stereocenters. The van der Waals surface area contributed by atoms with Crippen LogP contribution in [0.25, 0.3) is 11.1 Å². The minimum Gasteiger partial charge on any atom is -0.481 e. The van der Waals surface area contributed by atoms with Crippen LogP contribution < -0.4 is 5.32 Å². The van der Waals surface area contributed by atoms with E-state index in [1.165, 1.54) is 0 Å². The highest BCUT2D eigenvalue weighted by atomic mass is 16.4. The lowest BCUT2D eigenvalue weighted by molar-refractivity contribution is -0.141. The topological polar surface area (TPSA) is 92.4 Å². The van der Waals surface area contributed by atoms with Gasteiger partial charge in [-0.3, -0.25) is 9.59 Å². The number of amides is 1. The highest BCUT2D eigenvalue weighted by molar-refractivity contribution is 5.81. The summed E-state index contributed by atoms with van der Waals surface area (Å²) in [5.74, 6) is -0.847. The Hall–Kier alpha value is -2.37. The highest BCUT2D eigenvalue weighted by Crippen LogP contribution is 2.31. The van der Waals surface area contributed by atoms with Gasteiger partial charge >= 0.3 is 5.97 Å². The van der Waals surface area contributed by atoms with Gasteiger partial charge in [-0.1, -0.05) is 12.1 Å². The van der Waals surface area contributed by atoms with Crippen molar-refractivity contribution in [1.29, 1.82) is 0 Å². The number of nitrogens with one attached hydrogen (secondary N) is 1. The van der Waals surface area contributed by atoms with Crippen molar-refractivity contribution in [3.05, 3.63) is 29.7 Å². The Morgan fingerprint density at radius 1 is 1.35 bits per heavy atom. The molecule has 2 atom stereocenters. The molecule has 0 bridgehead atoms. The standard InChI is InChI=1S/C17H20N2O4/c1-10-3-2-4-13-15(10)19-14(23-13)7-8-18-16(20)11-5-6-12(9-11)17(21)22/h2-4,11-12H,5-9H2,1H3,(H,18,20)(H,21,22)/t11-,12+/m1/s1. The SMILES string of the molecule is Cc1cccc2oc(CCNC(=O)[C@@H]3CC[C@H](C(=O)O)C3)nc12. The summed E-state index contributed by atoms with van der Waals surface area (Å²) in [4.78, 5) is 27.5. The van der Waals surface area contributed by atoms with Gasteiger partial charge in [0.1, 0.15) is 5.52 Å². The van der Waals surface area contributed by atoms with Crippen LogP contribution in [0.15, 0.2) is 22.6 Å². The fraction of sp³-hybridized carbons (Fsp3) is 0.471. The molecule has 0 radical (unpaired) electrons. The molecule has 1 aliphatic rings. The van der Waals surface area contributed by atoms with Gasteiger partial charge in [-0.25, -0.2) is 4.98 Å². The molecule has 1 fully saturated rings. The maximum Gasteiger partial charge on any atom is 0.306 e. The van der Waals surface area contributed by atoms with Crippen LogP contribution in [0.4, 0.5) is 0 Å². The summed E-state index contributed by atoms with van der Waals surface area (Å²) < 4.78 is 5.66. The molecule has 2 aromatic rings. The van der Waals surface area contributed by atoms with Gasteiger partial charge < -0.3 is 14.8 Å². The Balaban J connectivity index is 1.51. The lowest BCUT2D eigenvalue weighted by atomic mass is 10.0. The number of carboxylic acids is 1. The predicted molar refractivity (Wildman–Crippen MR) is 83.9 cm³/mol. The van der Waals surface area contributed by atoms with Gasteiger partial charge in [0.15, 0.2) is 11.5 Å². The second kappa shape index (κ2) is 6.40. The summed E-state index contributed by atoms with van der Waals surface area (Å²) in [7, 11) is 0. The van der Waals surface area contributed by atoms with Crippen LogP contribution in [-0.4, -0.2) is 28.5 Å². The Bertz CT molecular complexity index is 737. The lowest BCUT2D eigenvalue weighted by Gasteiger charge is -2.09. The normalized spacial score (nSPS) is 20.7. The molecule has 6 nitrogen and oxygen atoms in total. The van der Waals surface area contributed by atoms with Crippen LogP contribution in [0.5, 0.6) is 0 Å². The summed E-state index contributed by atoms with van der Waals surface area (Å²) in [6.07, 6.45) is 2.18. The van der Waals surface area contributed by atoms with E-state index in [0.717, 1.165) is 16.7 Å². The number of aromatic nitrogens is 1. The molecule has 1 saturated carbocycles. The fourth-order valence-corrected chi connectivity index (χ4v) is 3.12. The number of benzene rings is 1. The van der Waals surface area contributed by atoms with Crippen molar-refractivity contribution in [3.8, 4) is 0 Å². The molecule has 1 amide bonds. The van der Waals surface area contributed by atoms with Crippen molar-refractivity contribution in [2.75, 3.05) is 6.54 Å². The number of fused-ring (bicyclic) bond motifs is 1. The zero-order chi connectivity index (χ0) is 16.4. The molecule has 2 N–H and O–H groups in total. The number of carbonyl (C=O) groups excluding carboxylic acids is 1. The number of carbonyl (C=O) groups is 2. The number of rotatable bonds is 5. The van der Waals surface area contributed by atoms with Crippen molar-refractivity contribution in [1.82, 2.24) is 10.3 Å². The van der Waals surface area contributed by atoms with E-state index in [1.807, 2.05) is 25.1 Å². The summed E-state index contributed by atoms with van der Waals surface area (Å²) in [5, 5.41) is 11.8. The van der Waals surface area contributed by atoms with Crippen LogP contribution in [0, 0.1) is 18.8 Å². The molecule has 0 saturated heterocycles.